The highest BCUT2D eigenvalue weighted by atomic mass is 16.6. The van der Waals surface area contributed by atoms with Crippen molar-refractivity contribution >= 4 is 30.0 Å². The van der Waals surface area contributed by atoms with E-state index < -0.39 is 41.3 Å². The minimum atomic E-state index is -0.998. The van der Waals surface area contributed by atoms with Crippen LogP contribution in [0.25, 0.3) is 0 Å². The number of rotatable bonds is 12. The lowest BCUT2D eigenvalue weighted by Gasteiger charge is -2.30. The first-order valence-corrected chi connectivity index (χ1v) is 13.6. The van der Waals surface area contributed by atoms with Crippen LogP contribution in [-0.4, -0.2) is 66.5 Å². The number of amides is 2. The van der Waals surface area contributed by atoms with Crippen LogP contribution in [-0.2, 0) is 19.0 Å². The third kappa shape index (κ3) is 12.1. The molecular formula is C31H41N3O8. The second kappa shape index (κ2) is 15.1. The molecule has 0 radical (unpaired) electrons. The average Bonchev–Trinajstić information content (AvgIpc) is 2.89. The second-order valence-electron chi connectivity index (χ2n) is 11.4. The van der Waals surface area contributed by atoms with E-state index in [1.807, 2.05) is 20.8 Å². The van der Waals surface area contributed by atoms with Crippen molar-refractivity contribution in [3.63, 3.8) is 0 Å². The van der Waals surface area contributed by atoms with Crippen LogP contribution in [0.3, 0.4) is 0 Å². The lowest BCUT2D eigenvalue weighted by atomic mass is 9.98. The van der Waals surface area contributed by atoms with E-state index in [4.69, 9.17) is 18.9 Å². The minimum absolute atomic E-state index is 0.249. The van der Waals surface area contributed by atoms with Crippen LogP contribution in [0.5, 0.6) is 5.75 Å². The van der Waals surface area contributed by atoms with Gasteiger partial charge in [-0.2, -0.15) is 5.10 Å². The second-order valence-corrected chi connectivity index (χ2v) is 11.4. The predicted octanol–water partition coefficient (Wildman–Crippen LogP) is 4.67. The molecule has 0 spiro atoms. The van der Waals surface area contributed by atoms with Crippen molar-refractivity contribution in [1.82, 2.24) is 10.7 Å². The molecule has 0 fully saturated rings. The molecule has 0 saturated carbocycles. The molecule has 11 heteroatoms. The normalized spacial score (nSPS) is 13.1. The van der Waals surface area contributed by atoms with Crippen LogP contribution in [0.4, 0.5) is 4.79 Å². The zero-order valence-corrected chi connectivity index (χ0v) is 25.5. The van der Waals surface area contributed by atoms with Crippen molar-refractivity contribution in [3.05, 3.63) is 65.2 Å². The van der Waals surface area contributed by atoms with Crippen LogP contribution >= 0.6 is 0 Å². The van der Waals surface area contributed by atoms with Gasteiger partial charge in [0, 0.05) is 11.1 Å². The molecule has 0 aliphatic rings. The monoisotopic (exact) mass is 583 g/mol. The first-order valence-electron chi connectivity index (χ1n) is 13.6. The molecule has 0 aromatic heterocycles. The standard InChI is InChI=1S/C31H41N3O8/c1-9-39-25(35)19-40-24-16-14-22(15-17-24)27(36)26(20(2)41-30(3,4)5)33-28(37)23-12-10-21(11-13-23)18-32-34-29(38)42-31(6,7)8/h10-18,20,26H,9,19H2,1-8H3,(H,33,37)(H,34,38)/t20-,26+/m1/s1. The molecule has 42 heavy (non-hydrogen) atoms. The summed E-state index contributed by atoms with van der Waals surface area (Å²) in [6, 6.07) is 11.7. The number of hydrogen-bond acceptors (Lipinski definition) is 9. The van der Waals surface area contributed by atoms with Crippen LogP contribution in [0.2, 0.25) is 0 Å². The average molecular weight is 584 g/mol. The predicted molar refractivity (Wildman–Crippen MR) is 158 cm³/mol. The van der Waals surface area contributed by atoms with E-state index >= 15 is 0 Å². The Hall–Kier alpha value is -4.25. The van der Waals surface area contributed by atoms with E-state index in [1.165, 1.54) is 6.21 Å². The molecular weight excluding hydrogens is 542 g/mol. The van der Waals surface area contributed by atoms with E-state index in [-0.39, 0.29) is 19.0 Å². The summed E-state index contributed by atoms with van der Waals surface area (Å²) in [5, 5.41) is 6.66. The molecule has 2 amide bonds. The van der Waals surface area contributed by atoms with Crippen molar-refractivity contribution in [2.24, 2.45) is 5.10 Å². The third-order valence-corrected chi connectivity index (χ3v) is 5.32. The maximum Gasteiger partial charge on any atom is 0.428 e. The third-order valence-electron chi connectivity index (χ3n) is 5.32. The van der Waals surface area contributed by atoms with E-state index in [0.29, 0.717) is 22.4 Å². The Morgan fingerprint density at radius 1 is 0.881 bits per heavy atom. The Balaban J connectivity index is 2.13. The number of carbonyl (C=O) groups is 4. The Morgan fingerprint density at radius 2 is 1.48 bits per heavy atom. The first-order chi connectivity index (χ1) is 19.6. The summed E-state index contributed by atoms with van der Waals surface area (Å²) in [5.74, 6) is -0.924. The Kier molecular flexibility index (Phi) is 12.2. The Labute approximate surface area is 246 Å². The van der Waals surface area contributed by atoms with Gasteiger partial charge < -0.3 is 24.3 Å². The SMILES string of the molecule is CCOC(=O)COc1ccc(C(=O)[C@@H](NC(=O)c2ccc(C=NNC(=O)OC(C)(C)C)cc2)[C@@H](C)OC(C)(C)C)cc1. The first kappa shape index (κ1) is 34.0. The number of esters is 1. The molecule has 2 rings (SSSR count). The molecule has 2 atom stereocenters. The van der Waals surface area contributed by atoms with E-state index in [2.05, 4.69) is 15.8 Å². The fourth-order valence-corrected chi connectivity index (χ4v) is 3.67. The summed E-state index contributed by atoms with van der Waals surface area (Å²) in [5.41, 5.74) is 2.34. The van der Waals surface area contributed by atoms with Crippen molar-refractivity contribution in [2.45, 2.75) is 78.7 Å². The summed E-state index contributed by atoms with van der Waals surface area (Å²) >= 11 is 0. The van der Waals surface area contributed by atoms with E-state index in [0.717, 1.165) is 0 Å². The largest absolute Gasteiger partial charge is 0.482 e. The molecule has 2 N–H and O–H groups in total. The molecule has 228 valence electrons. The van der Waals surface area contributed by atoms with E-state index in [9.17, 15) is 19.2 Å². The van der Waals surface area contributed by atoms with Crippen molar-refractivity contribution < 1.29 is 38.1 Å². The van der Waals surface area contributed by atoms with Gasteiger partial charge in [-0.3, -0.25) is 9.59 Å². The molecule has 2 aromatic carbocycles. The van der Waals surface area contributed by atoms with Crippen molar-refractivity contribution in [1.29, 1.82) is 0 Å². The van der Waals surface area contributed by atoms with Gasteiger partial charge >= 0.3 is 12.1 Å². The van der Waals surface area contributed by atoms with Gasteiger partial charge in [-0.05, 0) is 97.4 Å². The van der Waals surface area contributed by atoms with Crippen LogP contribution in [0.15, 0.2) is 53.6 Å². The molecule has 0 aliphatic carbocycles. The fraction of sp³-hybridized carbons (Fsp3) is 0.452. The number of Topliss-reactive ketones (excluding diaryl/α,β-unsaturated/α-hetero) is 1. The number of nitrogens with one attached hydrogen (secondary N) is 2. The van der Waals surface area contributed by atoms with Gasteiger partial charge in [0.25, 0.3) is 5.91 Å². The number of nitrogens with zero attached hydrogens (tertiary/aromatic N) is 1. The number of hydrogen-bond donors (Lipinski definition) is 2. The van der Waals surface area contributed by atoms with Crippen molar-refractivity contribution in [3.8, 4) is 5.75 Å². The Bertz CT molecular complexity index is 1240. The smallest absolute Gasteiger partial charge is 0.428 e. The number of hydrazone groups is 1. The summed E-state index contributed by atoms with van der Waals surface area (Å²) < 4.78 is 21.4. The molecule has 2 aromatic rings. The van der Waals surface area contributed by atoms with Gasteiger partial charge in [-0.15, -0.1) is 0 Å². The summed E-state index contributed by atoms with van der Waals surface area (Å²) in [4.78, 5) is 50.0. The maximum atomic E-state index is 13.5. The van der Waals surface area contributed by atoms with Crippen LogP contribution in [0.1, 0.15) is 81.7 Å². The number of ketones is 1. The molecule has 11 nitrogen and oxygen atoms in total. The topological polar surface area (TPSA) is 142 Å². The number of benzene rings is 2. The Morgan fingerprint density at radius 3 is 2.02 bits per heavy atom. The molecule has 0 aliphatic heterocycles. The van der Waals surface area contributed by atoms with Gasteiger partial charge in [0.05, 0.1) is 24.5 Å². The van der Waals surface area contributed by atoms with Crippen molar-refractivity contribution in [2.75, 3.05) is 13.2 Å². The summed E-state index contributed by atoms with van der Waals surface area (Å²) in [6.45, 7) is 14.3. The fourth-order valence-electron chi connectivity index (χ4n) is 3.67. The summed E-state index contributed by atoms with van der Waals surface area (Å²) in [6.07, 6.45) is 0.0690. The van der Waals surface area contributed by atoms with Gasteiger partial charge in [-0.1, -0.05) is 12.1 Å². The highest BCUT2D eigenvalue weighted by molar-refractivity contribution is 6.05. The zero-order valence-electron chi connectivity index (χ0n) is 25.5. The lowest BCUT2D eigenvalue weighted by Crippen LogP contribution is -2.50. The highest BCUT2D eigenvalue weighted by Gasteiger charge is 2.31. The van der Waals surface area contributed by atoms with E-state index in [1.54, 1.807) is 83.1 Å². The maximum absolute atomic E-state index is 13.5. The van der Waals surface area contributed by atoms with Gasteiger partial charge in [-0.25, -0.2) is 15.0 Å². The van der Waals surface area contributed by atoms with Crippen LogP contribution in [0, 0.1) is 0 Å². The molecule has 0 saturated heterocycles. The molecule has 0 unspecified atom stereocenters. The van der Waals surface area contributed by atoms with Crippen LogP contribution < -0.4 is 15.5 Å². The highest BCUT2D eigenvalue weighted by Crippen LogP contribution is 2.19. The zero-order chi connectivity index (χ0) is 31.5. The number of ether oxygens (including phenoxy) is 4. The molecule has 0 heterocycles. The number of carbonyl (C=O) groups excluding carboxylic acids is 4. The summed E-state index contributed by atoms with van der Waals surface area (Å²) in [7, 11) is 0. The van der Waals surface area contributed by atoms with Gasteiger partial charge in [0.15, 0.2) is 12.4 Å². The quantitative estimate of drug-likeness (QED) is 0.159. The minimum Gasteiger partial charge on any atom is -0.482 e. The lowest BCUT2D eigenvalue weighted by molar-refractivity contribution is -0.145. The van der Waals surface area contributed by atoms with Gasteiger partial charge in [0.2, 0.25) is 0 Å². The van der Waals surface area contributed by atoms with Gasteiger partial charge in [0.1, 0.15) is 17.4 Å². The molecule has 0 bridgehead atoms.